The Morgan fingerprint density at radius 2 is 1.50 bits per heavy atom. The van der Waals surface area contributed by atoms with Crippen LogP contribution in [0.3, 0.4) is 0 Å². The van der Waals surface area contributed by atoms with Crippen LogP contribution in [0.1, 0.15) is 84.1 Å². The van der Waals surface area contributed by atoms with Crippen LogP contribution >= 0.6 is 0 Å². The molecule has 0 fully saturated rings. The van der Waals surface area contributed by atoms with Crippen molar-refractivity contribution in [3.8, 4) is 11.1 Å². The van der Waals surface area contributed by atoms with Gasteiger partial charge in [0.1, 0.15) is 0 Å². The molecule has 0 aliphatic heterocycles. The first kappa shape index (κ1) is 24.2. The third-order valence-corrected chi connectivity index (χ3v) is 28.6. The van der Waals surface area contributed by atoms with Crippen LogP contribution in [-0.2, 0) is 37.6 Å². The van der Waals surface area contributed by atoms with Crippen LogP contribution in [0.5, 0.6) is 0 Å². The molecule has 0 saturated heterocycles. The van der Waals surface area contributed by atoms with E-state index in [2.05, 4.69) is 104 Å². The van der Waals surface area contributed by atoms with E-state index in [1.807, 2.05) is 6.55 Å². The van der Waals surface area contributed by atoms with Gasteiger partial charge in [0.05, 0.1) is 0 Å². The second kappa shape index (κ2) is 8.99. The standard InChI is InChI=1S/C21H25.C5H5.C4H10Si.Zr/c1-20(2,3)16-9-7-14-11-15-8-10-17(21(4,5)6)13-19(15)18(14)12-16;1-2-4-5-3-1;1-3-5-4-2;/h7,9-10,12-13H,11H2,1-6H3;1-3H,4H2;3-4H2,1-2H3;. The molecule has 0 nitrogen and oxygen atoms in total. The molecule has 2 aromatic carbocycles. The summed E-state index contributed by atoms with van der Waals surface area (Å²) in [5.41, 5.74) is 9.37. The van der Waals surface area contributed by atoms with Crippen molar-refractivity contribution < 1.29 is 20.4 Å². The topological polar surface area (TPSA) is 0 Å². The Morgan fingerprint density at radius 3 is 2.06 bits per heavy atom. The fourth-order valence-electron chi connectivity index (χ4n) is 5.22. The van der Waals surface area contributed by atoms with E-state index < -0.39 is 20.4 Å². The number of hydrogen-bond acceptors (Lipinski definition) is 0. The van der Waals surface area contributed by atoms with E-state index in [-0.39, 0.29) is 16.3 Å². The molecule has 168 valence electrons. The van der Waals surface area contributed by atoms with Gasteiger partial charge < -0.3 is 0 Å². The Kier molecular flexibility index (Phi) is 6.79. The monoisotopic (exact) mass is 518 g/mol. The summed E-state index contributed by atoms with van der Waals surface area (Å²) in [5.74, 6) is 0. The molecule has 0 N–H and O–H groups in total. The second-order valence-corrected chi connectivity index (χ2v) is 27.1. The first-order chi connectivity index (χ1) is 15.0. The molecule has 0 aromatic heterocycles. The number of allylic oxidation sites excluding steroid dienone is 4. The van der Waals surface area contributed by atoms with Crippen molar-refractivity contribution in [3.05, 3.63) is 74.1 Å². The third-order valence-electron chi connectivity index (χ3n) is 7.32. The van der Waals surface area contributed by atoms with Crippen LogP contribution < -0.4 is 3.27 Å². The molecule has 0 atom stereocenters. The second-order valence-electron chi connectivity index (χ2n) is 11.6. The average Bonchev–Trinajstić information content (AvgIpc) is 3.37. The van der Waals surface area contributed by atoms with Crippen molar-refractivity contribution in [1.29, 1.82) is 0 Å². The summed E-state index contributed by atoms with van der Waals surface area (Å²) in [6.07, 6.45) is 9.61. The van der Waals surface area contributed by atoms with Gasteiger partial charge in [0.2, 0.25) is 0 Å². The Balaban J connectivity index is 2.02. The Labute approximate surface area is 204 Å². The van der Waals surface area contributed by atoms with Gasteiger partial charge in [0.15, 0.2) is 0 Å². The summed E-state index contributed by atoms with van der Waals surface area (Å²) < 4.78 is 3.69. The van der Waals surface area contributed by atoms with Crippen LogP contribution in [0, 0.1) is 0 Å². The van der Waals surface area contributed by atoms with E-state index in [1.54, 1.807) is 22.3 Å². The Bertz CT molecular complexity index is 1140. The minimum absolute atomic E-state index is 0.177. The maximum atomic E-state index is 2.69. The first-order valence-electron chi connectivity index (χ1n) is 12.4. The normalized spacial score (nSPS) is 14.9. The third kappa shape index (κ3) is 4.52. The van der Waals surface area contributed by atoms with Crippen LogP contribution in [0.2, 0.25) is 12.1 Å². The molecule has 0 unspecified atom stereocenters. The predicted molar refractivity (Wildman–Crippen MR) is 140 cm³/mol. The van der Waals surface area contributed by atoms with E-state index in [0.717, 1.165) is 6.42 Å². The van der Waals surface area contributed by atoms with Crippen molar-refractivity contribution in [2.45, 2.75) is 91.1 Å². The van der Waals surface area contributed by atoms with Crippen LogP contribution in [0.15, 0.2) is 51.8 Å². The molecule has 2 heteroatoms. The summed E-state index contributed by atoms with van der Waals surface area (Å²) in [5, 5.41) is 0. The number of fused-ring (bicyclic) bond motifs is 3. The van der Waals surface area contributed by atoms with Gasteiger partial charge in [-0.25, -0.2) is 0 Å². The first-order valence-corrected chi connectivity index (χ1v) is 20.5. The van der Waals surface area contributed by atoms with Gasteiger partial charge in [-0.15, -0.1) is 0 Å². The zero-order valence-electron chi connectivity index (χ0n) is 21.4. The predicted octanol–water partition coefficient (Wildman–Crippen LogP) is 7.97. The molecular weight excluding hydrogens is 480 g/mol. The minimum atomic E-state index is -1.93. The Morgan fingerprint density at radius 1 is 0.844 bits per heavy atom. The molecular formula is C30H40SiZr. The van der Waals surface area contributed by atoms with E-state index in [1.165, 1.54) is 29.6 Å². The Hall–Kier alpha value is -0.980. The summed E-state index contributed by atoms with van der Waals surface area (Å²) in [7, 11) is 0. The molecule has 0 saturated carbocycles. The van der Waals surface area contributed by atoms with Crippen LogP contribution in [0.4, 0.5) is 0 Å². The fourth-order valence-corrected chi connectivity index (χ4v) is 25.4. The summed E-state index contributed by atoms with van der Waals surface area (Å²) in [6, 6.07) is 15.4. The quantitative estimate of drug-likeness (QED) is 0.307. The van der Waals surface area contributed by atoms with Gasteiger partial charge in [-0.2, -0.15) is 0 Å². The van der Waals surface area contributed by atoms with Crippen molar-refractivity contribution in [1.82, 2.24) is 0 Å². The molecule has 2 aromatic rings. The molecule has 0 heterocycles. The average molecular weight is 520 g/mol. The molecule has 0 radical (unpaired) electrons. The van der Waals surface area contributed by atoms with Crippen molar-refractivity contribution >= 4 is 8.70 Å². The summed E-state index contributed by atoms with van der Waals surface area (Å²) in [6.45, 7) is 19.1. The van der Waals surface area contributed by atoms with Gasteiger partial charge >= 0.3 is 205 Å². The van der Waals surface area contributed by atoms with Gasteiger partial charge in [-0.3, -0.25) is 0 Å². The molecule has 2 aliphatic carbocycles. The summed E-state index contributed by atoms with van der Waals surface area (Å²) in [4.78, 5) is 0. The number of rotatable bonds is 4. The van der Waals surface area contributed by atoms with Crippen molar-refractivity contribution in [2.24, 2.45) is 0 Å². The number of benzene rings is 2. The fraction of sp³-hybridized carbons (Fsp3) is 0.467. The van der Waals surface area contributed by atoms with Gasteiger partial charge in [-0.05, 0) is 0 Å². The van der Waals surface area contributed by atoms with Crippen LogP contribution in [-0.4, -0.2) is 5.43 Å². The van der Waals surface area contributed by atoms with Gasteiger partial charge in [-0.1, -0.05) is 0 Å². The van der Waals surface area contributed by atoms with Crippen LogP contribution in [0.25, 0.3) is 11.1 Å². The SMILES string of the molecule is CC[Si](CC)=[Zr]([C]1=CC=CC1)[c]1cc(C(C)(C)C)cc2c1Cc1ccc(C(C)(C)C)cc1-2. The molecule has 0 bridgehead atoms. The molecule has 0 spiro atoms. The zero-order valence-corrected chi connectivity index (χ0v) is 24.9. The van der Waals surface area contributed by atoms with E-state index in [0.29, 0.717) is 0 Å². The van der Waals surface area contributed by atoms with E-state index in [9.17, 15) is 0 Å². The molecule has 0 amide bonds. The van der Waals surface area contributed by atoms with Crippen molar-refractivity contribution in [3.63, 3.8) is 0 Å². The summed E-state index contributed by atoms with van der Waals surface area (Å²) >= 11 is -1.93. The molecule has 2 aliphatic rings. The van der Waals surface area contributed by atoms with Gasteiger partial charge in [0, 0.05) is 0 Å². The molecule has 4 rings (SSSR count). The zero-order chi connectivity index (χ0) is 23.3. The molecule has 32 heavy (non-hydrogen) atoms. The van der Waals surface area contributed by atoms with Gasteiger partial charge in [0.25, 0.3) is 0 Å². The van der Waals surface area contributed by atoms with Crippen molar-refractivity contribution in [2.75, 3.05) is 0 Å². The van der Waals surface area contributed by atoms with E-state index in [4.69, 9.17) is 0 Å². The van der Waals surface area contributed by atoms with E-state index >= 15 is 0 Å². The number of hydrogen-bond donors (Lipinski definition) is 0. The maximum absolute atomic E-state index is 2.69.